The van der Waals surface area contributed by atoms with Crippen molar-refractivity contribution in [3.63, 3.8) is 0 Å². The lowest BCUT2D eigenvalue weighted by Crippen LogP contribution is -2.40. The molecule has 146 valence electrons. The first kappa shape index (κ1) is 18.5. The van der Waals surface area contributed by atoms with Crippen LogP contribution >= 0.6 is 0 Å². The predicted molar refractivity (Wildman–Crippen MR) is 109 cm³/mol. The largest absolute Gasteiger partial charge is 0.507 e. The number of rotatable bonds is 2. The first-order chi connectivity index (χ1) is 13.3. The summed E-state index contributed by atoms with van der Waals surface area (Å²) in [6.45, 7) is 8.76. The van der Waals surface area contributed by atoms with E-state index >= 15 is 0 Å². The van der Waals surface area contributed by atoms with Gasteiger partial charge in [0, 0.05) is 18.7 Å². The molecule has 1 fully saturated rings. The Morgan fingerprint density at radius 2 is 1.89 bits per heavy atom. The number of imidazole rings is 1. The second kappa shape index (κ2) is 6.95. The first-order valence-electron chi connectivity index (χ1n) is 9.53. The normalized spacial score (nSPS) is 15.2. The van der Waals surface area contributed by atoms with Crippen molar-refractivity contribution < 1.29 is 14.6 Å². The maximum Gasteiger partial charge on any atom is 0.254 e. The number of phenols is 1. The molecule has 6 heteroatoms. The number of H-pyrrole nitrogens is 1. The number of hydrogen-bond donors (Lipinski definition) is 2. The van der Waals surface area contributed by atoms with Gasteiger partial charge in [0.05, 0.1) is 29.8 Å². The van der Waals surface area contributed by atoms with Crippen molar-refractivity contribution in [3.05, 3.63) is 47.5 Å². The van der Waals surface area contributed by atoms with Crippen LogP contribution in [0.1, 0.15) is 36.7 Å². The zero-order valence-corrected chi connectivity index (χ0v) is 16.5. The standard InChI is InChI=1S/C22H25N3O3/c1-22(2,3)15-5-7-19(26)16(13-15)20-23-17-6-4-14(12-18(17)24-20)21(27)25-8-10-28-11-9-25/h4-7,12-13,26H,8-11H2,1-3H3,(H,23,24). The molecule has 0 aliphatic carbocycles. The van der Waals surface area contributed by atoms with Crippen molar-refractivity contribution in [2.75, 3.05) is 26.3 Å². The van der Waals surface area contributed by atoms with Crippen LogP contribution in [0.3, 0.4) is 0 Å². The molecule has 1 aliphatic rings. The van der Waals surface area contributed by atoms with E-state index in [1.165, 1.54) is 0 Å². The summed E-state index contributed by atoms with van der Waals surface area (Å²) in [6, 6.07) is 11.1. The number of morpholine rings is 1. The van der Waals surface area contributed by atoms with Gasteiger partial charge < -0.3 is 19.7 Å². The molecule has 2 N–H and O–H groups in total. The number of nitrogens with one attached hydrogen (secondary N) is 1. The number of carbonyl (C=O) groups excluding carboxylic acids is 1. The number of aromatic amines is 1. The lowest BCUT2D eigenvalue weighted by Gasteiger charge is -2.26. The average Bonchev–Trinajstić information content (AvgIpc) is 3.10. The van der Waals surface area contributed by atoms with Crippen LogP contribution in [-0.2, 0) is 10.2 Å². The van der Waals surface area contributed by atoms with Gasteiger partial charge in [-0.25, -0.2) is 4.98 Å². The summed E-state index contributed by atoms with van der Waals surface area (Å²) < 4.78 is 5.32. The van der Waals surface area contributed by atoms with Crippen LogP contribution in [0, 0.1) is 0 Å². The second-order valence-corrected chi connectivity index (χ2v) is 8.20. The van der Waals surface area contributed by atoms with Crippen LogP contribution in [0.5, 0.6) is 5.75 Å². The first-order valence-corrected chi connectivity index (χ1v) is 9.53. The number of ether oxygens (including phenoxy) is 1. The summed E-state index contributed by atoms with van der Waals surface area (Å²) in [4.78, 5) is 22.4. The molecule has 0 atom stereocenters. The Balaban J connectivity index is 1.70. The quantitative estimate of drug-likeness (QED) is 0.712. The third-order valence-corrected chi connectivity index (χ3v) is 5.14. The molecule has 0 bridgehead atoms. The number of amides is 1. The Morgan fingerprint density at radius 1 is 1.14 bits per heavy atom. The number of fused-ring (bicyclic) bond motifs is 1. The highest BCUT2D eigenvalue weighted by Crippen LogP contribution is 2.33. The third kappa shape index (κ3) is 3.47. The Labute approximate surface area is 164 Å². The van der Waals surface area contributed by atoms with Crippen LogP contribution in [-0.4, -0.2) is 52.2 Å². The highest BCUT2D eigenvalue weighted by molar-refractivity contribution is 5.97. The highest BCUT2D eigenvalue weighted by atomic mass is 16.5. The molecule has 0 saturated carbocycles. The number of aromatic nitrogens is 2. The van der Waals surface area contributed by atoms with Crippen LogP contribution in [0.25, 0.3) is 22.4 Å². The van der Waals surface area contributed by atoms with Gasteiger partial charge in [-0.3, -0.25) is 4.79 Å². The van der Waals surface area contributed by atoms with Gasteiger partial charge in [-0.1, -0.05) is 26.8 Å². The number of hydrogen-bond acceptors (Lipinski definition) is 4. The molecule has 3 aromatic rings. The number of aromatic hydroxyl groups is 1. The van der Waals surface area contributed by atoms with Gasteiger partial charge >= 0.3 is 0 Å². The van der Waals surface area contributed by atoms with E-state index in [2.05, 4.69) is 30.7 Å². The van der Waals surface area contributed by atoms with Gasteiger partial charge in [-0.05, 0) is 41.3 Å². The van der Waals surface area contributed by atoms with Crippen molar-refractivity contribution in [2.45, 2.75) is 26.2 Å². The van der Waals surface area contributed by atoms with Crippen molar-refractivity contribution in [1.29, 1.82) is 0 Å². The van der Waals surface area contributed by atoms with Crippen LogP contribution in [0.4, 0.5) is 0 Å². The van der Waals surface area contributed by atoms with E-state index < -0.39 is 0 Å². The maximum atomic E-state index is 12.7. The lowest BCUT2D eigenvalue weighted by atomic mass is 9.86. The molecular weight excluding hydrogens is 354 g/mol. The van der Waals surface area contributed by atoms with E-state index in [0.29, 0.717) is 43.3 Å². The zero-order chi connectivity index (χ0) is 19.9. The monoisotopic (exact) mass is 379 g/mol. The lowest BCUT2D eigenvalue weighted by molar-refractivity contribution is 0.0303. The van der Waals surface area contributed by atoms with E-state index in [-0.39, 0.29) is 17.1 Å². The smallest absolute Gasteiger partial charge is 0.254 e. The van der Waals surface area contributed by atoms with Gasteiger partial charge in [0.25, 0.3) is 5.91 Å². The Kier molecular flexibility index (Phi) is 4.59. The maximum absolute atomic E-state index is 12.7. The molecule has 0 radical (unpaired) electrons. The van der Waals surface area contributed by atoms with Gasteiger partial charge in [-0.2, -0.15) is 0 Å². The minimum atomic E-state index is -0.0355. The Bertz CT molecular complexity index is 1030. The summed E-state index contributed by atoms with van der Waals surface area (Å²) >= 11 is 0. The van der Waals surface area contributed by atoms with Gasteiger partial charge in [0.1, 0.15) is 11.6 Å². The van der Waals surface area contributed by atoms with Gasteiger partial charge in [0.15, 0.2) is 0 Å². The van der Waals surface area contributed by atoms with Crippen molar-refractivity contribution in [3.8, 4) is 17.1 Å². The molecule has 1 saturated heterocycles. The summed E-state index contributed by atoms with van der Waals surface area (Å²) in [5.41, 5.74) is 3.89. The average molecular weight is 379 g/mol. The summed E-state index contributed by atoms with van der Waals surface area (Å²) in [7, 11) is 0. The Hall–Kier alpha value is -2.86. The van der Waals surface area contributed by atoms with Crippen molar-refractivity contribution >= 4 is 16.9 Å². The molecule has 6 nitrogen and oxygen atoms in total. The fourth-order valence-electron chi connectivity index (χ4n) is 3.41. The third-order valence-electron chi connectivity index (χ3n) is 5.14. The van der Waals surface area contributed by atoms with Crippen LogP contribution < -0.4 is 0 Å². The second-order valence-electron chi connectivity index (χ2n) is 8.20. The molecule has 2 heterocycles. The fraction of sp³-hybridized carbons (Fsp3) is 0.364. The summed E-state index contributed by atoms with van der Waals surface area (Å²) in [5.74, 6) is 0.769. The molecule has 2 aromatic carbocycles. The molecule has 1 aliphatic heterocycles. The zero-order valence-electron chi connectivity index (χ0n) is 16.5. The highest BCUT2D eigenvalue weighted by Gasteiger charge is 2.20. The van der Waals surface area contributed by atoms with Crippen LogP contribution in [0.15, 0.2) is 36.4 Å². The molecule has 4 rings (SSSR count). The molecule has 28 heavy (non-hydrogen) atoms. The van der Waals surface area contributed by atoms with Gasteiger partial charge in [-0.15, -0.1) is 0 Å². The molecule has 1 aromatic heterocycles. The molecule has 1 amide bonds. The topological polar surface area (TPSA) is 78.5 Å². The van der Waals surface area contributed by atoms with E-state index in [1.54, 1.807) is 17.0 Å². The van der Waals surface area contributed by atoms with Crippen LogP contribution in [0.2, 0.25) is 0 Å². The number of benzene rings is 2. The summed E-state index contributed by atoms with van der Waals surface area (Å²) in [6.07, 6.45) is 0. The fourth-order valence-corrected chi connectivity index (χ4v) is 3.41. The van der Waals surface area contributed by atoms with E-state index in [4.69, 9.17) is 4.74 Å². The number of nitrogens with zero attached hydrogens (tertiary/aromatic N) is 2. The van der Waals surface area contributed by atoms with E-state index in [1.807, 2.05) is 24.3 Å². The van der Waals surface area contributed by atoms with Crippen molar-refractivity contribution in [1.82, 2.24) is 14.9 Å². The van der Waals surface area contributed by atoms with E-state index in [9.17, 15) is 9.90 Å². The summed E-state index contributed by atoms with van der Waals surface area (Å²) in [5, 5.41) is 10.4. The van der Waals surface area contributed by atoms with Crippen molar-refractivity contribution in [2.24, 2.45) is 0 Å². The van der Waals surface area contributed by atoms with E-state index in [0.717, 1.165) is 16.6 Å². The number of phenolic OH excluding ortho intramolecular Hbond substituents is 1. The molecule has 0 unspecified atom stereocenters. The minimum absolute atomic E-state index is 0.000993. The minimum Gasteiger partial charge on any atom is -0.507 e. The number of carbonyl (C=O) groups is 1. The van der Waals surface area contributed by atoms with Gasteiger partial charge in [0.2, 0.25) is 0 Å². The molecular formula is C22H25N3O3. The Morgan fingerprint density at radius 3 is 2.61 bits per heavy atom. The predicted octanol–water partition coefficient (Wildman–Crippen LogP) is 3.71. The SMILES string of the molecule is CC(C)(C)c1ccc(O)c(-c2nc3ccc(C(=O)N4CCOCC4)cc3[nH]2)c1. The molecule has 0 spiro atoms.